The third-order valence-electron chi connectivity index (χ3n) is 4.91. The number of hydrogen-bond acceptors (Lipinski definition) is 5. The van der Waals surface area contributed by atoms with Crippen LogP contribution in [-0.2, 0) is 24.9 Å². The number of nitrogens with two attached hydrogens (primary N) is 1. The molecule has 0 spiro atoms. The van der Waals surface area contributed by atoms with Crippen LogP contribution in [0.1, 0.15) is 17.0 Å². The minimum atomic E-state index is -0.776. The number of hydrogen-bond donors (Lipinski definition) is 1. The number of imidazole rings is 1. The molecule has 10 heteroatoms. The molecule has 0 radical (unpaired) electrons. The zero-order valence-electron chi connectivity index (χ0n) is 16.9. The van der Waals surface area contributed by atoms with Crippen molar-refractivity contribution in [3.63, 3.8) is 0 Å². The molecule has 4 aromatic rings. The summed E-state index contributed by atoms with van der Waals surface area (Å²) >= 11 is 0. The molecule has 0 unspecified atom stereocenters. The lowest BCUT2D eigenvalue weighted by atomic mass is 10.2. The summed E-state index contributed by atoms with van der Waals surface area (Å²) in [5.41, 5.74) is 6.95. The van der Waals surface area contributed by atoms with Crippen LogP contribution in [0.5, 0.6) is 0 Å². The highest BCUT2D eigenvalue weighted by Crippen LogP contribution is 2.19. The Bertz CT molecular complexity index is 1390. The maximum absolute atomic E-state index is 13.2. The number of aromatic nitrogens is 6. The SMILES string of the molecule is Cc1cc(C)n(-c2nc3c(c(=O)n(CC(N)=O)c(=O)n3C)n2Cc2ccccc2)n1. The molecule has 0 saturated carbocycles. The molecule has 0 fully saturated rings. The Morgan fingerprint density at radius 3 is 2.40 bits per heavy atom. The Labute approximate surface area is 170 Å². The molecule has 0 aliphatic heterocycles. The van der Waals surface area contributed by atoms with E-state index in [2.05, 4.69) is 10.1 Å². The van der Waals surface area contributed by atoms with E-state index in [0.717, 1.165) is 21.5 Å². The van der Waals surface area contributed by atoms with Crippen molar-refractivity contribution in [2.75, 3.05) is 0 Å². The fourth-order valence-corrected chi connectivity index (χ4v) is 3.56. The van der Waals surface area contributed by atoms with E-state index < -0.39 is 23.7 Å². The van der Waals surface area contributed by atoms with Gasteiger partial charge in [0.05, 0.1) is 12.2 Å². The molecule has 3 heterocycles. The molecule has 0 saturated heterocycles. The van der Waals surface area contributed by atoms with Crippen LogP contribution in [0.3, 0.4) is 0 Å². The van der Waals surface area contributed by atoms with Gasteiger partial charge in [-0.25, -0.2) is 14.0 Å². The molecule has 2 N–H and O–H groups in total. The summed E-state index contributed by atoms with van der Waals surface area (Å²) < 4.78 is 5.43. The number of fused-ring (bicyclic) bond motifs is 1. The molecular formula is C20H21N7O3. The van der Waals surface area contributed by atoms with Gasteiger partial charge >= 0.3 is 5.69 Å². The van der Waals surface area contributed by atoms with Crippen molar-refractivity contribution >= 4 is 17.1 Å². The summed E-state index contributed by atoms with van der Waals surface area (Å²) in [6.45, 7) is 3.57. The highest BCUT2D eigenvalue weighted by molar-refractivity contribution is 5.75. The Morgan fingerprint density at radius 1 is 1.10 bits per heavy atom. The smallest absolute Gasteiger partial charge is 0.332 e. The minimum Gasteiger partial charge on any atom is -0.368 e. The Balaban J connectivity index is 2.10. The molecule has 0 bridgehead atoms. The zero-order chi connectivity index (χ0) is 21.6. The van der Waals surface area contributed by atoms with E-state index in [1.54, 1.807) is 9.25 Å². The maximum atomic E-state index is 13.2. The van der Waals surface area contributed by atoms with Gasteiger partial charge in [-0.1, -0.05) is 30.3 Å². The summed E-state index contributed by atoms with van der Waals surface area (Å²) in [4.78, 5) is 41.9. The maximum Gasteiger partial charge on any atom is 0.332 e. The molecule has 1 amide bonds. The molecule has 10 nitrogen and oxygen atoms in total. The summed E-state index contributed by atoms with van der Waals surface area (Å²) in [6.07, 6.45) is 0. The number of rotatable bonds is 5. The largest absolute Gasteiger partial charge is 0.368 e. The first kappa shape index (κ1) is 19.4. The van der Waals surface area contributed by atoms with E-state index in [1.807, 2.05) is 50.2 Å². The average Bonchev–Trinajstić information content (AvgIpc) is 3.23. The van der Waals surface area contributed by atoms with Crippen molar-refractivity contribution in [1.29, 1.82) is 0 Å². The molecule has 30 heavy (non-hydrogen) atoms. The van der Waals surface area contributed by atoms with Gasteiger partial charge in [0.15, 0.2) is 11.2 Å². The normalized spacial score (nSPS) is 11.3. The van der Waals surface area contributed by atoms with Crippen LogP contribution >= 0.6 is 0 Å². The minimum absolute atomic E-state index is 0.199. The van der Waals surface area contributed by atoms with Gasteiger partial charge in [-0.2, -0.15) is 10.1 Å². The first-order valence-electron chi connectivity index (χ1n) is 9.34. The summed E-state index contributed by atoms with van der Waals surface area (Å²) in [5.74, 6) is -0.371. The van der Waals surface area contributed by atoms with Crippen molar-refractivity contribution in [2.45, 2.75) is 26.9 Å². The second kappa shape index (κ2) is 7.14. The topological polar surface area (TPSA) is 123 Å². The van der Waals surface area contributed by atoms with Gasteiger partial charge in [0.2, 0.25) is 11.9 Å². The second-order valence-corrected chi connectivity index (χ2v) is 7.19. The molecule has 1 aromatic carbocycles. The lowest BCUT2D eigenvalue weighted by molar-refractivity contribution is -0.118. The van der Waals surface area contributed by atoms with Crippen molar-refractivity contribution in [2.24, 2.45) is 12.8 Å². The van der Waals surface area contributed by atoms with Gasteiger partial charge in [-0.05, 0) is 25.5 Å². The molecular weight excluding hydrogens is 386 g/mol. The number of primary amides is 1. The van der Waals surface area contributed by atoms with E-state index in [-0.39, 0.29) is 11.2 Å². The monoisotopic (exact) mass is 407 g/mol. The quantitative estimate of drug-likeness (QED) is 0.507. The van der Waals surface area contributed by atoms with Gasteiger partial charge in [0.1, 0.15) is 6.54 Å². The van der Waals surface area contributed by atoms with Crippen molar-refractivity contribution in [1.82, 2.24) is 28.5 Å². The van der Waals surface area contributed by atoms with E-state index in [0.29, 0.717) is 12.5 Å². The van der Waals surface area contributed by atoms with Crippen LogP contribution in [-0.4, -0.2) is 34.4 Å². The average molecular weight is 407 g/mol. The standard InChI is InChI=1S/C20H21N7O3/c1-12-9-13(2)27(23-12)19-22-17-16(25(19)10-14-7-5-4-6-8-14)18(29)26(11-15(21)28)20(30)24(17)3/h4-9H,10-11H2,1-3H3,(H2,21,28). The molecule has 4 rings (SSSR count). The third kappa shape index (κ3) is 3.11. The number of aryl methyl sites for hydroxylation is 3. The first-order chi connectivity index (χ1) is 14.3. The Kier molecular flexibility index (Phi) is 4.61. The van der Waals surface area contributed by atoms with Crippen molar-refractivity contribution < 1.29 is 4.79 Å². The van der Waals surface area contributed by atoms with E-state index in [1.165, 1.54) is 11.6 Å². The fraction of sp³-hybridized carbons (Fsp3) is 0.250. The van der Waals surface area contributed by atoms with E-state index in [9.17, 15) is 14.4 Å². The zero-order valence-corrected chi connectivity index (χ0v) is 16.9. The summed E-state index contributed by atoms with van der Waals surface area (Å²) in [7, 11) is 1.51. The van der Waals surface area contributed by atoms with Crippen molar-refractivity contribution in [3.8, 4) is 5.95 Å². The Morgan fingerprint density at radius 2 is 1.80 bits per heavy atom. The van der Waals surface area contributed by atoms with Crippen molar-refractivity contribution in [3.05, 3.63) is 74.2 Å². The third-order valence-corrected chi connectivity index (χ3v) is 4.91. The number of carbonyl (C=O) groups excluding carboxylic acids is 1. The van der Waals surface area contributed by atoms with Crippen LogP contribution in [0.2, 0.25) is 0 Å². The highest BCUT2D eigenvalue weighted by Gasteiger charge is 2.23. The predicted octanol–water partition coefficient (Wildman–Crippen LogP) is 0.233. The number of carbonyl (C=O) groups is 1. The molecule has 3 aromatic heterocycles. The molecule has 154 valence electrons. The highest BCUT2D eigenvalue weighted by atomic mass is 16.2. The predicted molar refractivity (Wildman–Crippen MR) is 111 cm³/mol. The Hall–Kier alpha value is -3.95. The molecule has 0 aliphatic rings. The van der Waals surface area contributed by atoms with Gasteiger partial charge in [0, 0.05) is 12.7 Å². The first-order valence-corrected chi connectivity index (χ1v) is 9.34. The lowest BCUT2D eigenvalue weighted by Gasteiger charge is -2.11. The van der Waals surface area contributed by atoms with Gasteiger partial charge in [0.25, 0.3) is 5.56 Å². The summed E-state index contributed by atoms with van der Waals surface area (Å²) in [6, 6.07) is 11.5. The number of amides is 1. The van der Waals surface area contributed by atoms with E-state index >= 15 is 0 Å². The van der Waals surface area contributed by atoms with Crippen LogP contribution in [0.25, 0.3) is 17.1 Å². The van der Waals surface area contributed by atoms with Crippen LogP contribution in [0.15, 0.2) is 46.0 Å². The lowest BCUT2D eigenvalue weighted by Crippen LogP contribution is -2.42. The fourth-order valence-electron chi connectivity index (χ4n) is 3.56. The van der Waals surface area contributed by atoms with Gasteiger partial charge < -0.3 is 5.73 Å². The molecule has 0 atom stereocenters. The van der Waals surface area contributed by atoms with Gasteiger partial charge in [-0.3, -0.25) is 18.7 Å². The molecule has 0 aliphatic carbocycles. The van der Waals surface area contributed by atoms with Crippen LogP contribution in [0, 0.1) is 13.8 Å². The van der Waals surface area contributed by atoms with E-state index in [4.69, 9.17) is 5.73 Å². The number of nitrogens with zero attached hydrogens (tertiary/aromatic N) is 6. The number of benzene rings is 1. The second-order valence-electron chi connectivity index (χ2n) is 7.19. The van der Waals surface area contributed by atoms with Gasteiger partial charge in [-0.15, -0.1) is 0 Å². The summed E-state index contributed by atoms with van der Waals surface area (Å²) in [5, 5.41) is 4.49. The van der Waals surface area contributed by atoms with Crippen LogP contribution in [0.4, 0.5) is 0 Å². The van der Waals surface area contributed by atoms with Crippen LogP contribution < -0.4 is 17.0 Å².